The summed E-state index contributed by atoms with van der Waals surface area (Å²) in [7, 11) is 2.22. The molecule has 0 bridgehead atoms. The highest BCUT2D eigenvalue weighted by molar-refractivity contribution is 7.07. The summed E-state index contributed by atoms with van der Waals surface area (Å²) in [5.74, 6) is 0. The van der Waals surface area contributed by atoms with Gasteiger partial charge in [0.15, 0.2) is 0 Å². The minimum Gasteiger partial charge on any atom is -0.312 e. The van der Waals surface area contributed by atoms with Gasteiger partial charge in [0.1, 0.15) is 0 Å². The Labute approximate surface area is 108 Å². The van der Waals surface area contributed by atoms with Crippen molar-refractivity contribution in [2.75, 3.05) is 13.6 Å². The molecule has 0 saturated heterocycles. The van der Waals surface area contributed by atoms with Gasteiger partial charge in [-0.05, 0) is 26.3 Å². The Morgan fingerprint density at radius 1 is 1.59 bits per heavy atom. The molecule has 17 heavy (non-hydrogen) atoms. The molecule has 0 aromatic carbocycles. The topological polar surface area (TPSA) is 28.2 Å². The number of hydrogen-bond donors (Lipinski definition) is 1. The molecule has 1 heterocycles. The normalized spacial score (nSPS) is 17.6. The smallest absolute Gasteiger partial charge is 0.0795 e. The molecular weight excluding hydrogens is 230 g/mol. The van der Waals surface area contributed by atoms with Gasteiger partial charge in [0.2, 0.25) is 0 Å². The fourth-order valence-electron chi connectivity index (χ4n) is 2.10. The third kappa shape index (κ3) is 4.37. The summed E-state index contributed by atoms with van der Waals surface area (Å²) in [6.45, 7) is 4.36. The maximum atomic E-state index is 4.36. The first kappa shape index (κ1) is 13.0. The zero-order valence-electron chi connectivity index (χ0n) is 10.9. The van der Waals surface area contributed by atoms with E-state index in [1.54, 1.807) is 11.3 Å². The molecule has 0 amide bonds. The van der Waals surface area contributed by atoms with Crippen LogP contribution in [0.2, 0.25) is 0 Å². The number of aromatic nitrogens is 1. The molecule has 1 aromatic heterocycles. The fourth-order valence-corrected chi connectivity index (χ4v) is 2.65. The standard InChI is InChI=1S/C13H23N3S/c1-3-4-13(7-14-11-5-6-11)16(2)8-12-9-17-10-15-12/h9-11,13-14H,3-8H2,1-2H3. The molecule has 2 rings (SSSR count). The Morgan fingerprint density at radius 3 is 3.00 bits per heavy atom. The highest BCUT2D eigenvalue weighted by Crippen LogP contribution is 2.19. The van der Waals surface area contributed by atoms with Crippen molar-refractivity contribution in [3.63, 3.8) is 0 Å². The summed E-state index contributed by atoms with van der Waals surface area (Å²) < 4.78 is 0. The summed E-state index contributed by atoms with van der Waals surface area (Å²) in [5, 5.41) is 5.79. The van der Waals surface area contributed by atoms with E-state index in [9.17, 15) is 0 Å². The van der Waals surface area contributed by atoms with Crippen molar-refractivity contribution in [3.05, 3.63) is 16.6 Å². The lowest BCUT2D eigenvalue weighted by molar-refractivity contribution is 0.212. The van der Waals surface area contributed by atoms with E-state index >= 15 is 0 Å². The van der Waals surface area contributed by atoms with E-state index in [1.807, 2.05) is 5.51 Å². The highest BCUT2D eigenvalue weighted by Gasteiger charge is 2.23. The minimum atomic E-state index is 0.641. The van der Waals surface area contributed by atoms with Crippen LogP contribution in [-0.4, -0.2) is 35.6 Å². The zero-order chi connectivity index (χ0) is 12.1. The molecule has 1 aliphatic rings. The SMILES string of the molecule is CCCC(CNC1CC1)N(C)Cc1cscn1. The number of nitrogens with zero attached hydrogens (tertiary/aromatic N) is 2. The molecule has 0 aliphatic heterocycles. The lowest BCUT2D eigenvalue weighted by Crippen LogP contribution is -2.40. The largest absolute Gasteiger partial charge is 0.312 e. The summed E-state index contributed by atoms with van der Waals surface area (Å²) in [4.78, 5) is 6.80. The van der Waals surface area contributed by atoms with Gasteiger partial charge in [-0.3, -0.25) is 4.90 Å². The molecule has 0 radical (unpaired) electrons. The van der Waals surface area contributed by atoms with Gasteiger partial charge >= 0.3 is 0 Å². The lowest BCUT2D eigenvalue weighted by Gasteiger charge is -2.27. The molecular formula is C13H23N3S. The molecule has 1 fully saturated rings. The molecule has 3 nitrogen and oxygen atoms in total. The van der Waals surface area contributed by atoms with Gasteiger partial charge < -0.3 is 5.32 Å². The van der Waals surface area contributed by atoms with Gasteiger partial charge in [0.05, 0.1) is 11.2 Å². The number of thiazole rings is 1. The molecule has 1 N–H and O–H groups in total. The van der Waals surface area contributed by atoms with Crippen LogP contribution in [0.15, 0.2) is 10.9 Å². The van der Waals surface area contributed by atoms with Gasteiger partial charge in [-0.2, -0.15) is 0 Å². The first-order chi connectivity index (χ1) is 8.29. The summed E-state index contributed by atoms with van der Waals surface area (Å²) in [6, 6.07) is 1.45. The van der Waals surface area contributed by atoms with Crippen LogP contribution in [-0.2, 0) is 6.54 Å². The van der Waals surface area contributed by atoms with Crippen LogP contribution in [0, 0.1) is 0 Å². The number of likely N-dealkylation sites (N-methyl/N-ethyl adjacent to an activating group) is 1. The molecule has 1 atom stereocenters. The quantitative estimate of drug-likeness (QED) is 0.771. The van der Waals surface area contributed by atoms with Crippen molar-refractivity contribution >= 4 is 11.3 Å². The van der Waals surface area contributed by atoms with Crippen LogP contribution in [0.3, 0.4) is 0 Å². The summed E-state index contributed by atoms with van der Waals surface area (Å²) >= 11 is 1.68. The average molecular weight is 253 g/mol. The van der Waals surface area contributed by atoms with E-state index in [-0.39, 0.29) is 0 Å². The van der Waals surface area contributed by atoms with Crippen molar-refractivity contribution < 1.29 is 0 Å². The van der Waals surface area contributed by atoms with Gasteiger partial charge in [-0.25, -0.2) is 4.98 Å². The second kappa shape index (κ2) is 6.47. The van der Waals surface area contributed by atoms with Crippen LogP contribution >= 0.6 is 11.3 Å². The van der Waals surface area contributed by atoms with E-state index in [4.69, 9.17) is 0 Å². The molecule has 1 aromatic rings. The predicted molar refractivity (Wildman–Crippen MR) is 73.3 cm³/mol. The maximum Gasteiger partial charge on any atom is 0.0795 e. The Balaban J connectivity index is 1.79. The van der Waals surface area contributed by atoms with E-state index in [1.165, 1.54) is 31.4 Å². The third-order valence-electron chi connectivity index (χ3n) is 3.36. The Bertz CT molecular complexity index is 308. The van der Waals surface area contributed by atoms with Gasteiger partial charge in [0, 0.05) is 30.6 Å². The number of rotatable bonds is 8. The van der Waals surface area contributed by atoms with E-state index in [0.29, 0.717) is 6.04 Å². The van der Waals surface area contributed by atoms with E-state index < -0.39 is 0 Å². The van der Waals surface area contributed by atoms with Gasteiger partial charge in [-0.1, -0.05) is 13.3 Å². The highest BCUT2D eigenvalue weighted by atomic mass is 32.1. The van der Waals surface area contributed by atoms with Crippen molar-refractivity contribution in [1.82, 2.24) is 15.2 Å². The average Bonchev–Trinajstić information content (AvgIpc) is 3.01. The van der Waals surface area contributed by atoms with Crippen LogP contribution in [0.5, 0.6) is 0 Å². The Hall–Kier alpha value is -0.450. The summed E-state index contributed by atoms with van der Waals surface area (Å²) in [5.41, 5.74) is 3.12. The van der Waals surface area contributed by atoms with Crippen molar-refractivity contribution in [3.8, 4) is 0 Å². The minimum absolute atomic E-state index is 0.641. The van der Waals surface area contributed by atoms with Crippen LogP contribution in [0.4, 0.5) is 0 Å². The van der Waals surface area contributed by atoms with E-state index in [0.717, 1.165) is 19.1 Å². The van der Waals surface area contributed by atoms with Gasteiger partial charge in [-0.15, -0.1) is 11.3 Å². The van der Waals surface area contributed by atoms with Crippen LogP contribution < -0.4 is 5.32 Å². The second-order valence-corrected chi connectivity index (χ2v) is 5.74. The molecule has 1 aliphatic carbocycles. The molecule has 1 unspecified atom stereocenters. The van der Waals surface area contributed by atoms with Crippen molar-refractivity contribution in [2.45, 2.75) is 51.2 Å². The number of nitrogens with one attached hydrogen (secondary N) is 1. The predicted octanol–water partition coefficient (Wildman–Crippen LogP) is 2.50. The van der Waals surface area contributed by atoms with Crippen molar-refractivity contribution in [2.24, 2.45) is 0 Å². The van der Waals surface area contributed by atoms with Crippen LogP contribution in [0.25, 0.3) is 0 Å². The van der Waals surface area contributed by atoms with Crippen molar-refractivity contribution in [1.29, 1.82) is 0 Å². The van der Waals surface area contributed by atoms with E-state index in [2.05, 4.69) is 34.6 Å². The Morgan fingerprint density at radius 2 is 2.41 bits per heavy atom. The first-order valence-corrected chi connectivity index (χ1v) is 7.54. The van der Waals surface area contributed by atoms with Crippen LogP contribution in [0.1, 0.15) is 38.3 Å². The lowest BCUT2D eigenvalue weighted by atomic mass is 10.1. The fraction of sp³-hybridized carbons (Fsp3) is 0.769. The molecule has 96 valence electrons. The molecule has 4 heteroatoms. The third-order valence-corrected chi connectivity index (χ3v) is 3.99. The second-order valence-electron chi connectivity index (χ2n) is 5.02. The Kier molecular flexibility index (Phi) is 4.95. The molecule has 1 saturated carbocycles. The monoisotopic (exact) mass is 253 g/mol. The maximum absolute atomic E-state index is 4.36. The zero-order valence-corrected chi connectivity index (χ0v) is 11.7. The summed E-state index contributed by atoms with van der Waals surface area (Å²) in [6.07, 6.45) is 5.25. The van der Waals surface area contributed by atoms with Gasteiger partial charge in [0.25, 0.3) is 0 Å². The molecule has 0 spiro atoms. The number of hydrogen-bond acceptors (Lipinski definition) is 4. The first-order valence-electron chi connectivity index (χ1n) is 6.60.